The highest BCUT2D eigenvalue weighted by Gasteiger charge is 2.67. The average Bonchev–Trinajstić information content (AvgIpc) is 2.24. The van der Waals surface area contributed by atoms with Crippen molar-refractivity contribution in [3.63, 3.8) is 0 Å². The van der Waals surface area contributed by atoms with Crippen LogP contribution in [0.4, 0.5) is 0 Å². The predicted molar refractivity (Wildman–Crippen MR) is 110 cm³/mol. The van der Waals surface area contributed by atoms with Gasteiger partial charge in [-0.2, -0.15) is 0 Å². The van der Waals surface area contributed by atoms with Crippen LogP contribution in [0.1, 0.15) is 27.7 Å². The Balaban J connectivity index is 3.67. The predicted octanol–water partition coefficient (Wildman–Crippen LogP) is 6.49. The smallest absolute Gasteiger partial charge is 0.0610 e. The second-order valence-corrected chi connectivity index (χ2v) is 24.2. The van der Waals surface area contributed by atoms with Gasteiger partial charge in [-0.3, -0.25) is 0 Å². The Morgan fingerprint density at radius 2 is 1.38 bits per heavy atom. The number of halogens is 1. The molecule has 0 amide bonds. The van der Waals surface area contributed by atoms with Crippen molar-refractivity contribution in [1.82, 2.24) is 4.90 Å². The second-order valence-electron chi connectivity index (χ2n) is 8.55. The van der Waals surface area contributed by atoms with Crippen LogP contribution in [0.2, 0.25) is 39.3 Å². The Hall–Kier alpha value is 0.884. The molecule has 0 aliphatic carbocycles. The van der Waals surface area contributed by atoms with E-state index in [1.165, 1.54) is 0 Å². The standard InChI is InChI=1S/C16H35BrNPSi2/c1-11-18(12-2)15-14(13(3)4)19(17)16(15,20(5,6)7)21(8,9)10/h13H,11-12H2,1-10H3. The minimum atomic E-state index is -1.32. The van der Waals surface area contributed by atoms with E-state index in [1.807, 2.05) is 0 Å². The molecule has 0 N–H and O–H groups in total. The van der Waals surface area contributed by atoms with Gasteiger partial charge in [-0.25, -0.2) is 0 Å². The number of rotatable bonds is 6. The fourth-order valence-corrected chi connectivity index (χ4v) is 34.4. The molecule has 124 valence electrons. The van der Waals surface area contributed by atoms with Crippen LogP contribution in [-0.4, -0.2) is 38.5 Å². The van der Waals surface area contributed by atoms with Gasteiger partial charge in [0, 0.05) is 29.8 Å². The Kier molecular flexibility index (Phi) is 6.09. The van der Waals surface area contributed by atoms with Crippen LogP contribution < -0.4 is 0 Å². The summed E-state index contributed by atoms with van der Waals surface area (Å²) in [6.07, 6.45) is 0. The van der Waals surface area contributed by atoms with Crippen molar-refractivity contribution in [3.05, 3.63) is 11.0 Å². The maximum atomic E-state index is 4.24. The lowest BCUT2D eigenvalue weighted by molar-refractivity contribution is 0.362. The minimum absolute atomic E-state index is 0.154. The van der Waals surface area contributed by atoms with Crippen molar-refractivity contribution < 1.29 is 0 Å². The van der Waals surface area contributed by atoms with Crippen LogP contribution in [0.5, 0.6) is 0 Å². The minimum Gasteiger partial charge on any atom is -0.375 e. The van der Waals surface area contributed by atoms with Gasteiger partial charge in [-0.15, -0.1) is 0 Å². The average molecular weight is 409 g/mol. The lowest BCUT2D eigenvalue weighted by atomic mass is 10.1. The van der Waals surface area contributed by atoms with Crippen LogP contribution in [0.3, 0.4) is 0 Å². The van der Waals surface area contributed by atoms with Gasteiger partial charge in [0.1, 0.15) is 0 Å². The summed E-state index contributed by atoms with van der Waals surface area (Å²) in [5.74, 6) is 0.673. The molecule has 0 saturated carbocycles. The molecule has 1 unspecified atom stereocenters. The fraction of sp³-hybridized carbons (Fsp3) is 0.875. The molecule has 0 saturated heterocycles. The van der Waals surface area contributed by atoms with Crippen LogP contribution >= 0.6 is 22.1 Å². The summed E-state index contributed by atoms with van der Waals surface area (Å²) in [6.45, 7) is 27.1. The molecule has 5 heteroatoms. The van der Waals surface area contributed by atoms with E-state index in [0.717, 1.165) is 13.1 Å². The van der Waals surface area contributed by atoms with E-state index in [9.17, 15) is 0 Å². The molecule has 1 aliphatic heterocycles. The molecule has 0 aromatic rings. The van der Waals surface area contributed by atoms with Crippen LogP contribution in [0.25, 0.3) is 0 Å². The van der Waals surface area contributed by atoms with Crippen molar-refractivity contribution >= 4 is 38.3 Å². The lowest BCUT2D eigenvalue weighted by Gasteiger charge is -2.65. The maximum absolute atomic E-state index is 4.24. The Morgan fingerprint density at radius 1 is 1.00 bits per heavy atom. The third-order valence-electron chi connectivity index (χ3n) is 4.89. The first-order valence-electron chi connectivity index (χ1n) is 8.33. The molecule has 1 atom stereocenters. The van der Waals surface area contributed by atoms with Crippen LogP contribution in [0, 0.1) is 5.92 Å². The van der Waals surface area contributed by atoms with Crippen molar-refractivity contribution in [2.24, 2.45) is 5.92 Å². The SMILES string of the molecule is CCN(CC)C1=C(C(C)C)P(Br)C1([Si](C)(C)C)[Si](C)(C)C. The summed E-state index contributed by atoms with van der Waals surface area (Å²) >= 11 is 4.24. The molecule has 1 nitrogen and oxygen atoms in total. The number of hydrogen-bond donors (Lipinski definition) is 0. The van der Waals surface area contributed by atoms with Gasteiger partial charge in [-0.05, 0) is 25.1 Å². The Bertz CT molecular complexity index is 403. The molecule has 0 bridgehead atoms. The van der Waals surface area contributed by atoms with Gasteiger partial charge in [0.2, 0.25) is 0 Å². The first-order valence-corrected chi connectivity index (χ1v) is 18.7. The molecule has 0 aromatic carbocycles. The zero-order chi connectivity index (χ0) is 16.8. The zero-order valence-corrected chi connectivity index (χ0v) is 20.2. The van der Waals surface area contributed by atoms with Gasteiger partial charge in [0.05, 0.1) is 16.1 Å². The highest BCUT2D eigenvalue weighted by Crippen LogP contribution is 2.80. The first kappa shape index (κ1) is 19.9. The van der Waals surface area contributed by atoms with Crippen LogP contribution in [-0.2, 0) is 0 Å². The van der Waals surface area contributed by atoms with Gasteiger partial charge < -0.3 is 4.90 Å². The topological polar surface area (TPSA) is 3.24 Å². The number of allylic oxidation sites excluding steroid dienone is 2. The van der Waals surface area contributed by atoms with Gasteiger partial charge in [0.25, 0.3) is 0 Å². The van der Waals surface area contributed by atoms with Gasteiger partial charge >= 0.3 is 0 Å². The van der Waals surface area contributed by atoms with Crippen molar-refractivity contribution in [2.75, 3.05) is 13.1 Å². The van der Waals surface area contributed by atoms with E-state index in [1.54, 1.807) is 11.0 Å². The molecule has 0 radical (unpaired) electrons. The van der Waals surface area contributed by atoms with Crippen molar-refractivity contribution in [1.29, 1.82) is 0 Å². The zero-order valence-electron chi connectivity index (χ0n) is 15.8. The molecule has 1 heterocycles. The summed E-state index contributed by atoms with van der Waals surface area (Å²) in [6, 6.07) is 0. The van der Waals surface area contributed by atoms with Gasteiger partial charge in [-0.1, -0.05) is 68.6 Å². The van der Waals surface area contributed by atoms with E-state index in [-0.39, 0.29) is 6.62 Å². The molecule has 0 fully saturated rings. The monoisotopic (exact) mass is 407 g/mol. The summed E-state index contributed by atoms with van der Waals surface area (Å²) < 4.78 is 0.515. The molecular weight excluding hydrogens is 373 g/mol. The highest BCUT2D eigenvalue weighted by atomic mass is 79.9. The second kappa shape index (κ2) is 6.41. The molecule has 1 rings (SSSR count). The molecular formula is C16H35BrNPSi2. The summed E-state index contributed by atoms with van der Waals surface area (Å²) in [7, 11) is -2.65. The van der Waals surface area contributed by atoms with E-state index in [0.29, 0.717) is 10.3 Å². The van der Waals surface area contributed by atoms with E-state index in [2.05, 4.69) is 87.4 Å². The van der Waals surface area contributed by atoms with Crippen molar-refractivity contribution in [3.8, 4) is 0 Å². The molecule has 0 spiro atoms. The van der Waals surface area contributed by atoms with Crippen LogP contribution in [0.15, 0.2) is 11.0 Å². The molecule has 1 aliphatic rings. The van der Waals surface area contributed by atoms with Crippen molar-refractivity contribution in [2.45, 2.75) is 71.4 Å². The lowest BCUT2D eigenvalue weighted by Crippen LogP contribution is -2.71. The largest absolute Gasteiger partial charge is 0.375 e. The fourth-order valence-electron chi connectivity index (χ4n) is 4.35. The normalized spacial score (nSPS) is 22.6. The number of hydrogen-bond acceptors (Lipinski definition) is 1. The maximum Gasteiger partial charge on any atom is 0.0610 e. The third-order valence-corrected chi connectivity index (χ3v) is 26.2. The first-order chi connectivity index (χ1) is 9.37. The van der Waals surface area contributed by atoms with E-state index < -0.39 is 16.1 Å². The van der Waals surface area contributed by atoms with Gasteiger partial charge in [0.15, 0.2) is 0 Å². The quantitative estimate of drug-likeness (QED) is 0.358. The Labute approximate surface area is 144 Å². The Morgan fingerprint density at radius 3 is 1.62 bits per heavy atom. The third kappa shape index (κ3) is 2.88. The summed E-state index contributed by atoms with van der Waals surface area (Å²) in [5.41, 5.74) is 1.77. The highest BCUT2D eigenvalue weighted by molar-refractivity contribution is 9.40. The summed E-state index contributed by atoms with van der Waals surface area (Å²) in [5, 5.41) is 1.75. The van der Waals surface area contributed by atoms with E-state index in [4.69, 9.17) is 0 Å². The molecule has 21 heavy (non-hydrogen) atoms. The van der Waals surface area contributed by atoms with E-state index >= 15 is 0 Å². The number of nitrogens with zero attached hydrogens (tertiary/aromatic N) is 1. The molecule has 0 aromatic heterocycles. The summed E-state index contributed by atoms with van der Waals surface area (Å²) in [4.78, 5) is 2.69.